The lowest BCUT2D eigenvalue weighted by Gasteiger charge is -2.11. The molecule has 33 heavy (non-hydrogen) atoms. The van der Waals surface area contributed by atoms with Crippen LogP contribution in [0.1, 0.15) is 11.1 Å². The molecule has 1 amide bonds. The Morgan fingerprint density at radius 1 is 1.15 bits per heavy atom. The number of para-hydroxylation sites is 2. The molecule has 4 aromatic rings. The molecule has 0 aliphatic rings. The number of fused-ring (bicyclic) bond motifs is 1. The Bertz CT molecular complexity index is 1260. The van der Waals surface area contributed by atoms with Crippen molar-refractivity contribution in [2.75, 3.05) is 12.9 Å². The zero-order valence-electron chi connectivity index (χ0n) is 17.7. The van der Waals surface area contributed by atoms with Gasteiger partial charge in [-0.1, -0.05) is 42.1 Å². The van der Waals surface area contributed by atoms with E-state index in [9.17, 15) is 9.18 Å². The summed E-state index contributed by atoms with van der Waals surface area (Å²) in [5, 5.41) is 4.66. The third-order valence-electron chi connectivity index (χ3n) is 4.64. The van der Waals surface area contributed by atoms with Crippen LogP contribution in [-0.2, 0) is 11.4 Å². The van der Waals surface area contributed by atoms with Crippen LogP contribution in [0.4, 0.5) is 4.39 Å². The second kappa shape index (κ2) is 10.6. The second-order valence-corrected chi connectivity index (χ2v) is 7.90. The van der Waals surface area contributed by atoms with Gasteiger partial charge in [0, 0.05) is 5.56 Å². The van der Waals surface area contributed by atoms with Crippen molar-refractivity contribution in [2.45, 2.75) is 11.8 Å². The highest BCUT2D eigenvalue weighted by Gasteiger charge is 2.09. The molecule has 9 heteroatoms. The fraction of sp³-hybridized carbons (Fsp3) is 0.125. The summed E-state index contributed by atoms with van der Waals surface area (Å²) in [7, 11) is 1.52. The number of halogens is 1. The Morgan fingerprint density at radius 2 is 1.97 bits per heavy atom. The molecule has 168 valence electrons. The van der Waals surface area contributed by atoms with E-state index in [-0.39, 0.29) is 24.1 Å². The van der Waals surface area contributed by atoms with Crippen LogP contribution >= 0.6 is 11.8 Å². The van der Waals surface area contributed by atoms with Gasteiger partial charge in [0.15, 0.2) is 16.7 Å². The molecule has 1 heterocycles. The lowest BCUT2D eigenvalue weighted by Crippen LogP contribution is -2.19. The summed E-state index contributed by atoms with van der Waals surface area (Å²) < 4.78 is 24.8. The van der Waals surface area contributed by atoms with Gasteiger partial charge in [-0.15, -0.1) is 0 Å². The zero-order chi connectivity index (χ0) is 23.0. The fourth-order valence-electron chi connectivity index (χ4n) is 3.00. The maximum Gasteiger partial charge on any atom is 0.250 e. The number of hydrazone groups is 1. The van der Waals surface area contributed by atoms with Crippen LogP contribution in [0, 0.1) is 5.82 Å². The number of hydrogen-bond acceptors (Lipinski definition) is 6. The highest BCUT2D eigenvalue weighted by atomic mass is 32.2. The molecule has 1 aromatic heterocycles. The highest BCUT2D eigenvalue weighted by molar-refractivity contribution is 7.99. The van der Waals surface area contributed by atoms with Gasteiger partial charge in [-0.25, -0.2) is 14.8 Å². The van der Waals surface area contributed by atoms with Crippen molar-refractivity contribution in [2.24, 2.45) is 5.10 Å². The number of hydrogen-bond donors (Lipinski definition) is 2. The Kier molecular flexibility index (Phi) is 7.21. The van der Waals surface area contributed by atoms with Crippen molar-refractivity contribution < 1.29 is 18.7 Å². The van der Waals surface area contributed by atoms with Gasteiger partial charge in [-0.3, -0.25) is 4.79 Å². The predicted octanol–water partition coefficient (Wildman–Crippen LogP) is 4.53. The number of benzene rings is 3. The Hall–Kier alpha value is -3.85. The van der Waals surface area contributed by atoms with Gasteiger partial charge in [0.1, 0.15) is 12.4 Å². The molecule has 0 aliphatic heterocycles. The number of carbonyl (C=O) groups excluding carboxylic acids is 1. The number of rotatable bonds is 9. The summed E-state index contributed by atoms with van der Waals surface area (Å²) in [6.07, 6.45) is 1.51. The molecule has 0 aliphatic carbocycles. The lowest BCUT2D eigenvalue weighted by atomic mass is 10.2. The van der Waals surface area contributed by atoms with Gasteiger partial charge in [0.05, 0.1) is 30.1 Å². The molecule has 0 spiro atoms. The van der Waals surface area contributed by atoms with Crippen molar-refractivity contribution in [1.82, 2.24) is 15.4 Å². The Labute approximate surface area is 194 Å². The van der Waals surface area contributed by atoms with E-state index in [4.69, 9.17) is 9.47 Å². The van der Waals surface area contributed by atoms with Gasteiger partial charge in [-0.05, 0) is 42.0 Å². The quantitative estimate of drug-likeness (QED) is 0.216. The zero-order valence-corrected chi connectivity index (χ0v) is 18.6. The van der Waals surface area contributed by atoms with Gasteiger partial charge < -0.3 is 14.5 Å². The topological polar surface area (TPSA) is 88.6 Å². The van der Waals surface area contributed by atoms with E-state index >= 15 is 0 Å². The predicted molar refractivity (Wildman–Crippen MR) is 126 cm³/mol. The first-order valence-corrected chi connectivity index (χ1v) is 11.0. The number of nitrogens with one attached hydrogen (secondary N) is 2. The fourth-order valence-corrected chi connectivity index (χ4v) is 3.67. The van der Waals surface area contributed by atoms with Crippen LogP contribution in [0.5, 0.6) is 11.5 Å². The number of thioether (sulfide) groups is 1. The molecular weight excluding hydrogens is 443 g/mol. The van der Waals surface area contributed by atoms with Crippen molar-refractivity contribution in [3.63, 3.8) is 0 Å². The molecule has 0 bridgehead atoms. The Morgan fingerprint density at radius 3 is 2.79 bits per heavy atom. The Balaban J connectivity index is 1.30. The molecule has 0 saturated heterocycles. The molecule has 7 nitrogen and oxygen atoms in total. The normalized spacial score (nSPS) is 11.1. The summed E-state index contributed by atoms with van der Waals surface area (Å²) in [6.45, 7) is 0.0788. The first-order chi connectivity index (χ1) is 16.1. The number of imidazole rings is 1. The SMILES string of the molecule is COc1cc(/C=N/NC(=O)CSc2nc3ccccc3[nH]2)ccc1OCc1ccccc1F. The number of aromatic nitrogens is 2. The third kappa shape index (κ3) is 5.89. The van der Waals surface area contributed by atoms with Crippen molar-refractivity contribution in [3.05, 3.63) is 83.7 Å². The van der Waals surface area contributed by atoms with Gasteiger partial charge in [-0.2, -0.15) is 5.10 Å². The van der Waals surface area contributed by atoms with E-state index in [1.54, 1.807) is 36.4 Å². The smallest absolute Gasteiger partial charge is 0.250 e. The number of carbonyl (C=O) groups is 1. The number of ether oxygens (including phenoxy) is 2. The van der Waals surface area contributed by atoms with E-state index in [0.29, 0.717) is 27.8 Å². The molecule has 0 atom stereocenters. The van der Waals surface area contributed by atoms with Crippen LogP contribution in [0.15, 0.2) is 77.0 Å². The standard InChI is InChI=1S/C24H21FN4O3S/c1-31-22-12-16(10-11-21(22)32-14-17-6-2-3-7-18(17)25)13-26-29-23(30)15-33-24-27-19-8-4-5-9-20(19)28-24/h2-13H,14-15H2,1H3,(H,27,28)(H,29,30)/b26-13+. The number of H-pyrrole nitrogens is 1. The maximum atomic E-state index is 13.8. The van der Waals surface area contributed by atoms with Crippen molar-refractivity contribution in [1.29, 1.82) is 0 Å². The van der Waals surface area contributed by atoms with Crippen LogP contribution in [0.2, 0.25) is 0 Å². The summed E-state index contributed by atoms with van der Waals surface area (Å²) in [6, 6.07) is 19.3. The molecular formula is C24H21FN4O3S. The number of methoxy groups -OCH3 is 1. The van der Waals surface area contributed by atoms with E-state index in [2.05, 4.69) is 20.5 Å². The molecule has 0 fully saturated rings. The average molecular weight is 465 g/mol. The first kappa shape index (κ1) is 22.3. The first-order valence-electron chi connectivity index (χ1n) is 10.1. The molecule has 2 N–H and O–H groups in total. The minimum absolute atomic E-state index is 0.0788. The summed E-state index contributed by atoms with van der Waals surface area (Å²) in [4.78, 5) is 19.7. The number of amides is 1. The summed E-state index contributed by atoms with van der Waals surface area (Å²) in [5.41, 5.74) is 5.43. The molecule has 4 rings (SSSR count). The molecule has 0 unspecified atom stereocenters. The number of nitrogens with zero attached hydrogens (tertiary/aromatic N) is 2. The van der Waals surface area contributed by atoms with Crippen molar-refractivity contribution in [3.8, 4) is 11.5 Å². The minimum Gasteiger partial charge on any atom is -0.493 e. The van der Waals surface area contributed by atoms with Gasteiger partial charge in [0.2, 0.25) is 0 Å². The lowest BCUT2D eigenvalue weighted by molar-refractivity contribution is -0.118. The summed E-state index contributed by atoms with van der Waals surface area (Å²) >= 11 is 1.30. The van der Waals surface area contributed by atoms with Crippen molar-refractivity contribution >= 4 is 34.9 Å². The largest absolute Gasteiger partial charge is 0.493 e. The third-order valence-corrected chi connectivity index (χ3v) is 5.51. The van der Waals surface area contributed by atoms with E-state index in [1.165, 1.54) is 31.2 Å². The highest BCUT2D eigenvalue weighted by Crippen LogP contribution is 2.28. The monoisotopic (exact) mass is 464 g/mol. The van der Waals surface area contributed by atoms with Crippen LogP contribution in [0.25, 0.3) is 11.0 Å². The van der Waals surface area contributed by atoms with E-state index < -0.39 is 0 Å². The van der Waals surface area contributed by atoms with E-state index in [1.807, 2.05) is 24.3 Å². The van der Waals surface area contributed by atoms with E-state index in [0.717, 1.165) is 11.0 Å². The van der Waals surface area contributed by atoms with Crippen LogP contribution in [0.3, 0.4) is 0 Å². The van der Waals surface area contributed by atoms with Gasteiger partial charge in [0.25, 0.3) is 5.91 Å². The van der Waals surface area contributed by atoms with Crippen LogP contribution < -0.4 is 14.9 Å². The van der Waals surface area contributed by atoms with Gasteiger partial charge >= 0.3 is 0 Å². The second-order valence-electron chi connectivity index (χ2n) is 6.93. The average Bonchev–Trinajstić information content (AvgIpc) is 3.26. The minimum atomic E-state index is -0.325. The number of aromatic amines is 1. The maximum absolute atomic E-state index is 13.8. The summed E-state index contributed by atoms with van der Waals surface area (Å²) in [5.74, 6) is 0.540. The molecule has 3 aromatic carbocycles. The molecule has 0 radical (unpaired) electrons. The van der Waals surface area contributed by atoms with Crippen LogP contribution in [-0.4, -0.2) is 35.0 Å². The molecule has 0 saturated carbocycles.